The summed E-state index contributed by atoms with van der Waals surface area (Å²) in [5.74, 6) is 0.759. The average molecular weight is 428 g/mol. The molecule has 32 heavy (non-hydrogen) atoms. The molecule has 7 nitrogen and oxygen atoms in total. The van der Waals surface area contributed by atoms with Crippen LogP contribution in [0.2, 0.25) is 0 Å². The molecule has 1 amide bonds. The summed E-state index contributed by atoms with van der Waals surface area (Å²) in [4.78, 5) is 21.4. The van der Waals surface area contributed by atoms with E-state index in [1.807, 2.05) is 34.9 Å². The van der Waals surface area contributed by atoms with Gasteiger partial charge < -0.3 is 15.4 Å². The van der Waals surface area contributed by atoms with E-state index in [0.717, 1.165) is 47.9 Å². The summed E-state index contributed by atoms with van der Waals surface area (Å²) in [7, 11) is 0. The summed E-state index contributed by atoms with van der Waals surface area (Å²) in [6.45, 7) is 3.40. The highest BCUT2D eigenvalue weighted by atomic mass is 16.5. The van der Waals surface area contributed by atoms with Crippen molar-refractivity contribution in [2.75, 3.05) is 18.5 Å². The first-order valence-corrected chi connectivity index (χ1v) is 10.8. The van der Waals surface area contributed by atoms with Crippen LogP contribution in [0, 0.1) is 6.92 Å². The number of ether oxygens (including phenoxy) is 1. The Bertz CT molecular complexity index is 1230. The first-order chi connectivity index (χ1) is 15.7. The second-order valence-corrected chi connectivity index (χ2v) is 8.03. The van der Waals surface area contributed by atoms with Crippen LogP contribution in [0.1, 0.15) is 28.8 Å². The molecular weight excluding hydrogens is 402 g/mol. The maximum absolute atomic E-state index is 12.5. The highest BCUT2D eigenvalue weighted by Crippen LogP contribution is 2.31. The molecule has 2 aromatic carbocycles. The summed E-state index contributed by atoms with van der Waals surface area (Å²) in [5.41, 5.74) is 5.31. The maximum atomic E-state index is 12.5. The maximum Gasteiger partial charge on any atom is 0.251 e. The molecule has 7 heteroatoms. The van der Waals surface area contributed by atoms with Gasteiger partial charge in [0.25, 0.3) is 5.91 Å². The molecule has 0 saturated carbocycles. The number of benzene rings is 2. The monoisotopic (exact) mass is 427 g/mol. The van der Waals surface area contributed by atoms with Crippen molar-refractivity contribution in [2.24, 2.45) is 0 Å². The Morgan fingerprint density at radius 3 is 2.72 bits per heavy atom. The van der Waals surface area contributed by atoms with Gasteiger partial charge in [0.1, 0.15) is 11.5 Å². The molecule has 1 aliphatic heterocycles. The average Bonchev–Trinajstić information content (AvgIpc) is 3.47. The number of aryl methyl sites for hydroxylation is 1. The molecule has 1 atom stereocenters. The van der Waals surface area contributed by atoms with Gasteiger partial charge in [-0.3, -0.25) is 14.2 Å². The topological polar surface area (TPSA) is 80.5 Å². The summed E-state index contributed by atoms with van der Waals surface area (Å²) >= 11 is 0. The van der Waals surface area contributed by atoms with Crippen LogP contribution in [0.25, 0.3) is 16.9 Å². The van der Waals surface area contributed by atoms with Gasteiger partial charge in [-0.2, -0.15) is 0 Å². The van der Waals surface area contributed by atoms with Crippen LogP contribution >= 0.6 is 0 Å². The summed E-state index contributed by atoms with van der Waals surface area (Å²) in [6.07, 6.45) is 7.55. The predicted molar refractivity (Wildman–Crippen MR) is 124 cm³/mol. The molecular formula is C25H25N5O2. The highest BCUT2D eigenvalue weighted by Gasteiger charge is 2.17. The lowest BCUT2D eigenvalue weighted by molar-refractivity contribution is 0.0858. The third-order valence-corrected chi connectivity index (χ3v) is 5.68. The number of hydrogen-bond donors (Lipinski definition) is 2. The van der Waals surface area contributed by atoms with Gasteiger partial charge in [0.05, 0.1) is 12.3 Å². The van der Waals surface area contributed by atoms with Gasteiger partial charge in [0.15, 0.2) is 5.65 Å². The van der Waals surface area contributed by atoms with Crippen LogP contribution in [-0.2, 0) is 4.74 Å². The SMILES string of the molecule is Cc1ccc(-c2nc3cnccn3c2Nc2ccc(C(=O)NC[C@H]3CCCO3)cc2)cc1. The molecule has 3 heterocycles. The Morgan fingerprint density at radius 2 is 1.97 bits per heavy atom. The zero-order chi connectivity index (χ0) is 21.9. The molecule has 0 spiro atoms. The molecule has 5 rings (SSSR count). The minimum absolute atomic E-state index is 0.0896. The first kappa shape index (κ1) is 20.2. The lowest BCUT2D eigenvalue weighted by atomic mass is 10.1. The quantitative estimate of drug-likeness (QED) is 0.478. The number of fused-ring (bicyclic) bond motifs is 1. The molecule has 0 radical (unpaired) electrons. The van der Waals surface area contributed by atoms with Gasteiger partial charge in [-0.05, 0) is 44.0 Å². The van der Waals surface area contributed by atoms with Crippen molar-refractivity contribution < 1.29 is 9.53 Å². The molecule has 0 unspecified atom stereocenters. The summed E-state index contributed by atoms with van der Waals surface area (Å²) in [6, 6.07) is 15.7. The number of nitrogens with zero attached hydrogens (tertiary/aromatic N) is 3. The van der Waals surface area contributed by atoms with Crippen LogP contribution in [0.3, 0.4) is 0 Å². The smallest absolute Gasteiger partial charge is 0.251 e. The van der Waals surface area contributed by atoms with E-state index in [1.54, 1.807) is 12.4 Å². The zero-order valence-corrected chi connectivity index (χ0v) is 17.9. The predicted octanol–water partition coefficient (Wildman–Crippen LogP) is 4.36. The highest BCUT2D eigenvalue weighted by molar-refractivity contribution is 5.94. The van der Waals surface area contributed by atoms with Gasteiger partial charge in [-0.25, -0.2) is 4.98 Å². The van der Waals surface area contributed by atoms with Gasteiger partial charge in [0.2, 0.25) is 0 Å². The Hall–Kier alpha value is -3.71. The van der Waals surface area contributed by atoms with Crippen molar-refractivity contribution >= 4 is 23.1 Å². The molecule has 2 N–H and O–H groups in total. The fraction of sp³-hybridized carbons (Fsp3) is 0.240. The number of anilines is 2. The minimum atomic E-state index is -0.0896. The molecule has 2 aromatic heterocycles. The first-order valence-electron chi connectivity index (χ1n) is 10.8. The van der Waals surface area contributed by atoms with Crippen LogP contribution in [0.5, 0.6) is 0 Å². The van der Waals surface area contributed by atoms with E-state index in [2.05, 4.69) is 46.8 Å². The van der Waals surface area contributed by atoms with Gasteiger partial charge >= 0.3 is 0 Å². The number of nitrogens with one attached hydrogen (secondary N) is 2. The second kappa shape index (κ2) is 8.80. The fourth-order valence-corrected chi connectivity index (χ4v) is 3.89. The molecule has 1 saturated heterocycles. The van der Waals surface area contributed by atoms with E-state index in [4.69, 9.17) is 9.72 Å². The number of carbonyl (C=O) groups is 1. The van der Waals surface area contributed by atoms with Gasteiger partial charge in [-0.15, -0.1) is 0 Å². The molecule has 0 aliphatic carbocycles. The Balaban J connectivity index is 1.37. The molecule has 1 aliphatic rings. The van der Waals surface area contributed by atoms with Crippen LogP contribution in [0.4, 0.5) is 11.5 Å². The fourth-order valence-electron chi connectivity index (χ4n) is 3.89. The van der Waals surface area contributed by atoms with E-state index >= 15 is 0 Å². The third kappa shape index (κ3) is 4.20. The van der Waals surface area contributed by atoms with E-state index in [1.165, 1.54) is 5.56 Å². The molecule has 0 bridgehead atoms. The number of hydrogen-bond acceptors (Lipinski definition) is 5. The van der Waals surface area contributed by atoms with Crippen molar-refractivity contribution in [2.45, 2.75) is 25.9 Å². The number of rotatable bonds is 6. The van der Waals surface area contributed by atoms with Gasteiger partial charge in [-0.1, -0.05) is 29.8 Å². The standard InChI is InChI=1S/C25H25N5O2/c1-17-4-6-18(7-5-17)23-24(30-13-12-26-16-22(30)29-23)28-20-10-8-19(9-11-20)25(31)27-15-21-3-2-14-32-21/h4-13,16,21,28H,2-3,14-15H2,1H3,(H,27,31)/t21-/m1/s1. The van der Waals surface area contributed by atoms with Crippen molar-refractivity contribution in [1.29, 1.82) is 0 Å². The van der Waals surface area contributed by atoms with Crippen molar-refractivity contribution in [3.8, 4) is 11.3 Å². The Kier molecular flexibility index (Phi) is 5.56. The lowest BCUT2D eigenvalue weighted by Gasteiger charge is -2.12. The van der Waals surface area contributed by atoms with Crippen LogP contribution in [-0.4, -0.2) is 39.5 Å². The molecule has 1 fully saturated rings. The molecule has 162 valence electrons. The number of amides is 1. The minimum Gasteiger partial charge on any atom is -0.376 e. The van der Waals surface area contributed by atoms with E-state index < -0.39 is 0 Å². The number of carbonyl (C=O) groups excluding carboxylic acids is 1. The Labute approximate surface area is 186 Å². The number of imidazole rings is 1. The van der Waals surface area contributed by atoms with Crippen LogP contribution in [0.15, 0.2) is 67.1 Å². The Morgan fingerprint density at radius 1 is 1.16 bits per heavy atom. The van der Waals surface area contributed by atoms with Crippen molar-refractivity contribution in [3.63, 3.8) is 0 Å². The molecule has 4 aromatic rings. The van der Waals surface area contributed by atoms with E-state index in [9.17, 15) is 4.79 Å². The summed E-state index contributed by atoms with van der Waals surface area (Å²) in [5, 5.41) is 6.43. The van der Waals surface area contributed by atoms with E-state index in [-0.39, 0.29) is 12.0 Å². The largest absolute Gasteiger partial charge is 0.376 e. The van der Waals surface area contributed by atoms with E-state index in [0.29, 0.717) is 12.1 Å². The second-order valence-electron chi connectivity index (χ2n) is 8.03. The normalized spacial score (nSPS) is 15.7. The van der Waals surface area contributed by atoms with Crippen LogP contribution < -0.4 is 10.6 Å². The zero-order valence-electron chi connectivity index (χ0n) is 17.9. The third-order valence-electron chi connectivity index (χ3n) is 5.68. The van der Waals surface area contributed by atoms with Crippen molar-refractivity contribution in [3.05, 3.63) is 78.2 Å². The summed E-state index contributed by atoms with van der Waals surface area (Å²) < 4.78 is 7.55. The number of aromatic nitrogens is 3. The van der Waals surface area contributed by atoms with Crippen molar-refractivity contribution in [1.82, 2.24) is 19.7 Å². The van der Waals surface area contributed by atoms with Gasteiger partial charge in [0, 0.05) is 42.4 Å². The lowest BCUT2D eigenvalue weighted by Crippen LogP contribution is -2.31.